The van der Waals surface area contributed by atoms with Gasteiger partial charge >= 0.3 is 0 Å². The van der Waals surface area contributed by atoms with Crippen LogP contribution in [0.3, 0.4) is 0 Å². The SMILES string of the molecule is CC(C)(C)CS(=O)(=O)c1cccc2c(NC(=O)[C@H](Cc3ccccc3)NC(=O)c3ccc(C#N)cc3)cccc12. The summed E-state index contributed by atoms with van der Waals surface area (Å²) in [5, 5.41) is 15.9. The van der Waals surface area contributed by atoms with Crippen LogP contribution in [0.1, 0.15) is 42.3 Å². The number of hydrogen-bond acceptors (Lipinski definition) is 5. The molecule has 2 N–H and O–H groups in total. The molecule has 0 spiro atoms. The normalized spacial score (nSPS) is 12.3. The Balaban J connectivity index is 1.65. The van der Waals surface area contributed by atoms with Gasteiger partial charge in [-0.05, 0) is 47.4 Å². The van der Waals surface area contributed by atoms with Crippen LogP contribution >= 0.6 is 0 Å². The summed E-state index contributed by atoms with van der Waals surface area (Å²) in [6.45, 7) is 5.63. The zero-order valence-corrected chi connectivity index (χ0v) is 23.5. The highest BCUT2D eigenvalue weighted by Crippen LogP contribution is 2.31. The average Bonchev–Trinajstić information content (AvgIpc) is 2.91. The topological polar surface area (TPSA) is 116 Å². The number of carbonyl (C=O) groups excluding carboxylic acids is 2. The third-order valence-electron chi connectivity index (χ3n) is 6.28. The molecule has 4 rings (SSSR count). The van der Waals surface area contributed by atoms with E-state index in [0.29, 0.717) is 27.6 Å². The summed E-state index contributed by atoms with van der Waals surface area (Å²) in [7, 11) is -3.59. The van der Waals surface area contributed by atoms with Crippen molar-refractivity contribution in [2.45, 2.75) is 38.1 Å². The summed E-state index contributed by atoms with van der Waals surface area (Å²) >= 11 is 0. The van der Waals surface area contributed by atoms with Crippen molar-refractivity contribution in [3.63, 3.8) is 0 Å². The predicted octanol–water partition coefficient (Wildman–Crippen LogP) is 5.51. The second kappa shape index (κ2) is 11.7. The van der Waals surface area contributed by atoms with Crippen molar-refractivity contribution in [2.24, 2.45) is 5.41 Å². The van der Waals surface area contributed by atoms with Gasteiger partial charge in [0.05, 0.1) is 22.3 Å². The minimum atomic E-state index is -3.59. The molecule has 4 aromatic rings. The number of nitriles is 1. The van der Waals surface area contributed by atoms with E-state index in [0.717, 1.165) is 5.56 Å². The van der Waals surface area contributed by atoms with E-state index in [4.69, 9.17) is 5.26 Å². The van der Waals surface area contributed by atoms with Crippen molar-refractivity contribution in [2.75, 3.05) is 11.1 Å². The fourth-order valence-electron chi connectivity index (χ4n) is 4.53. The van der Waals surface area contributed by atoms with Gasteiger partial charge in [0.15, 0.2) is 9.84 Å². The molecular weight excluding hydrogens is 522 g/mol. The van der Waals surface area contributed by atoms with Gasteiger partial charge in [0.2, 0.25) is 5.91 Å². The lowest BCUT2D eigenvalue weighted by Crippen LogP contribution is -2.45. The van der Waals surface area contributed by atoms with Crippen molar-refractivity contribution in [3.8, 4) is 6.07 Å². The fourth-order valence-corrected chi connectivity index (χ4v) is 6.62. The summed E-state index contributed by atoms with van der Waals surface area (Å²) in [5.41, 5.74) is 1.63. The number of benzene rings is 4. The van der Waals surface area contributed by atoms with Gasteiger partial charge in [0.25, 0.3) is 5.91 Å². The van der Waals surface area contributed by atoms with Crippen LogP contribution in [0.25, 0.3) is 10.8 Å². The standard InChI is InChI=1S/C32H31N3O4S/c1-32(2,3)21-40(38,39)29-14-8-11-25-26(29)12-7-13-27(25)34-31(37)28(19-22-9-5-4-6-10-22)35-30(36)24-17-15-23(20-33)16-18-24/h4-18,28H,19,21H2,1-3H3,(H,34,37)(H,35,36)/t28-/m0/s1. The molecule has 0 saturated heterocycles. The van der Waals surface area contributed by atoms with Crippen LogP contribution in [0.2, 0.25) is 0 Å². The Bertz CT molecular complexity index is 1680. The lowest BCUT2D eigenvalue weighted by Gasteiger charge is -2.21. The van der Waals surface area contributed by atoms with Crippen molar-refractivity contribution in [1.29, 1.82) is 5.26 Å². The van der Waals surface area contributed by atoms with Gasteiger partial charge in [-0.2, -0.15) is 5.26 Å². The van der Waals surface area contributed by atoms with Crippen LogP contribution in [0.15, 0.2) is 95.9 Å². The molecule has 8 heteroatoms. The maximum atomic E-state index is 13.6. The molecule has 0 aliphatic carbocycles. The maximum Gasteiger partial charge on any atom is 0.251 e. The molecule has 2 amide bonds. The van der Waals surface area contributed by atoms with Gasteiger partial charge in [-0.3, -0.25) is 9.59 Å². The summed E-state index contributed by atoms with van der Waals surface area (Å²) < 4.78 is 26.5. The summed E-state index contributed by atoms with van der Waals surface area (Å²) in [4.78, 5) is 26.9. The highest BCUT2D eigenvalue weighted by atomic mass is 32.2. The quantitative estimate of drug-likeness (QED) is 0.298. The van der Waals surface area contributed by atoms with E-state index >= 15 is 0 Å². The monoisotopic (exact) mass is 553 g/mol. The molecule has 0 radical (unpaired) electrons. The van der Waals surface area contributed by atoms with Crippen LogP contribution < -0.4 is 10.6 Å². The van der Waals surface area contributed by atoms with Crippen LogP contribution in [-0.4, -0.2) is 32.0 Å². The molecule has 0 aromatic heterocycles. The zero-order chi connectivity index (χ0) is 28.9. The molecule has 204 valence electrons. The Labute approximate surface area is 234 Å². The van der Waals surface area contributed by atoms with Crippen molar-refractivity contribution >= 4 is 38.1 Å². The Morgan fingerprint density at radius 1 is 0.850 bits per heavy atom. The molecule has 0 bridgehead atoms. The summed E-state index contributed by atoms with van der Waals surface area (Å²) in [5.74, 6) is -0.911. The average molecular weight is 554 g/mol. The maximum absolute atomic E-state index is 13.6. The molecule has 0 aliphatic rings. The lowest BCUT2D eigenvalue weighted by atomic mass is 10.0. The molecule has 0 heterocycles. The minimum Gasteiger partial charge on any atom is -0.340 e. The van der Waals surface area contributed by atoms with Gasteiger partial charge in [0.1, 0.15) is 6.04 Å². The van der Waals surface area contributed by atoms with Gasteiger partial charge in [-0.25, -0.2) is 8.42 Å². The first kappa shape index (κ1) is 28.5. The number of rotatable bonds is 8. The number of nitrogens with one attached hydrogen (secondary N) is 2. The molecule has 0 aliphatic heterocycles. The van der Waals surface area contributed by atoms with E-state index in [-0.39, 0.29) is 17.1 Å². The van der Waals surface area contributed by atoms with Crippen LogP contribution in [-0.2, 0) is 21.1 Å². The van der Waals surface area contributed by atoms with Crippen molar-refractivity contribution in [3.05, 3.63) is 108 Å². The van der Waals surface area contributed by atoms with E-state index in [9.17, 15) is 18.0 Å². The molecule has 0 fully saturated rings. The number of hydrogen-bond donors (Lipinski definition) is 2. The number of carbonyl (C=O) groups is 2. The smallest absolute Gasteiger partial charge is 0.251 e. The number of amides is 2. The number of sulfone groups is 1. The second-order valence-corrected chi connectivity index (χ2v) is 12.8. The zero-order valence-electron chi connectivity index (χ0n) is 22.6. The Kier molecular flexibility index (Phi) is 8.36. The summed E-state index contributed by atoms with van der Waals surface area (Å²) in [6, 6.07) is 26.8. The van der Waals surface area contributed by atoms with Crippen LogP contribution in [0.4, 0.5) is 5.69 Å². The van der Waals surface area contributed by atoms with Crippen LogP contribution in [0, 0.1) is 16.7 Å². The summed E-state index contributed by atoms with van der Waals surface area (Å²) in [6.07, 6.45) is 0.241. The fraction of sp³-hybridized carbons (Fsp3) is 0.219. The minimum absolute atomic E-state index is 0.0176. The molecule has 0 saturated carbocycles. The Hall–Kier alpha value is -4.48. The first-order chi connectivity index (χ1) is 19.0. The van der Waals surface area contributed by atoms with Gasteiger partial charge in [0, 0.05) is 28.4 Å². The second-order valence-electron chi connectivity index (χ2n) is 10.9. The highest BCUT2D eigenvalue weighted by Gasteiger charge is 2.26. The van der Waals surface area contributed by atoms with E-state index in [1.54, 1.807) is 48.5 Å². The van der Waals surface area contributed by atoms with Crippen molar-refractivity contribution in [1.82, 2.24) is 5.32 Å². The molecule has 7 nitrogen and oxygen atoms in total. The van der Waals surface area contributed by atoms with E-state index in [1.807, 2.05) is 57.2 Å². The number of anilines is 1. The van der Waals surface area contributed by atoms with E-state index < -0.39 is 33.1 Å². The van der Waals surface area contributed by atoms with Gasteiger partial charge < -0.3 is 10.6 Å². The molecule has 0 unspecified atom stereocenters. The first-order valence-electron chi connectivity index (χ1n) is 12.9. The third-order valence-corrected chi connectivity index (χ3v) is 8.55. The van der Waals surface area contributed by atoms with Gasteiger partial charge in [-0.15, -0.1) is 0 Å². The third kappa shape index (κ3) is 6.93. The highest BCUT2D eigenvalue weighted by molar-refractivity contribution is 7.91. The predicted molar refractivity (Wildman–Crippen MR) is 157 cm³/mol. The Morgan fingerprint density at radius 3 is 2.15 bits per heavy atom. The van der Waals surface area contributed by atoms with Crippen molar-refractivity contribution < 1.29 is 18.0 Å². The largest absolute Gasteiger partial charge is 0.340 e. The first-order valence-corrected chi connectivity index (χ1v) is 14.5. The molecular formula is C32H31N3O4S. The van der Waals surface area contributed by atoms with Crippen LogP contribution in [0.5, 0.6) is 0 Å². The van der Waals surface area contributed by atoms with E-state index in [1.165, 1.54) is 12.1 Å². The molecule has 4 aromatic carbocycles. The lowest BCUT2D eigenvalue weighted by molar-refractivity contribution is -0.118. The Morgan fingerprint density at radius 2 is 1.50 bits per heavy atom. The van der Waals surface area contributed by atoms with Gasteiger partial charge in [-0.1, -0.05) is 75.4 Å². The van der Waals surface area contributed by atoms with E-state index in [2.05, 4.69) is 10.6 Å². The number of nitrogens with zero attached hydrogens (tertiary/aromatic N) is 1. The molecule has 1 atom stereocenters. The molecule has 40 heavy (non-hydrogen) atoms. The number of fused-ring (bicyclic) bond motifs is 1.